The number of hydrogen-bond acceptors (Lipinski definition) is 4. The molecule has 1 fully saturated rings. The number of benzene rings is 2. The summed E-state index contributed by atoms with van der Waals surface area (Å²) in [5.41, 5.74) is 5.22. The molecule has 0 spiro atoms. The first-order chi connectivity index (χ1) is 15.9. The predicted octanol–water partition coefficient (Wildman–Crippen LogP) is 6.85. The second kappa shape index (κ2) is 10.3. The fraction of sp³-hybridized carbons (Fsp3) is 0.500. The molecule has 0 radical (unpaired) electrons. The number of thioether (sulfide) groups is 1. The lowest BCUT2D eigenvalue weighted by atomic mass is 9.75. The van der Waals surface area contributed by atoms with Crippen molar-refractivity contribution < 1.29 is 9.53 Å². The topological polar surface area (TPSA) is 41.9 Å². The predicted molar refractivity (Wildman–Crippen MR) is 138 cm³/mol. The Morgan fingerprint density at radius 3 is 2.48 bits per heavy atom. The molecule has 4 nitrogen and oxygen atoms in total. The summed E-state index contributed by atoms with van der Waals surface area (Å²) >= 11 is 1.86. The molecule has 0 saturated carbocycles. The Labute approximate surface area is 202 Å². The van der Waals surface area contributed by atoms with Crippen LogP contribution in [0.1, 0.15) is 63.5 Å². The van der Waals surface area contributed by atoms with E-state index < -0.39 is 0 Å². The molecule has 176 valence electrons. The van der Waals surface area contributed by atoms with Crippen LogP contribution in [-0.4, -0.2) is 37.2 Å². The van der Waals surface area contributed by atoms with E-state index >= 15 is 0 Å². The standard InChI is InChI=1S/C28H36N2O2S/c1-28(2,3)27-16-22(15-20-11-13-30(19-31)14-12-20)25-10-9-24(17-26(25)29-27)33-18-21-5-7-23(32-4)8-6-21/h5-10,17,19-20,22H,11-16,18H2,1-4H3. The zero-order valence-corrected chi connectivity index (χ0v) is 21.2. The summed E-state index contributed by atoms with van der Waals surface area (Å²) in [4.78, 5) is 19.4. The van der Waals surface area contributed by atoms with Crippen molar-refractivity contribution in [3.8, 4) is 5.75 Å². The van der Waals surface area contributed by atoms with Gasteiger partial charge in [-0.25, -0.2) is 0 Å². The van der Waals surface area contributed by atoms with Gasteiger partial charge in [0.25, 0.3) is 0 Å². The largest absolute Gasteiger partial charge is 0.497 e. The molecule has 0 aromatic heterocycles. The van der Waals surface area contributed by atoms with E-state index in [0.717, 1.165) is 56.0 Å². The quantitative estimate of drug-likeness (QED) is 0.332. The van der Waals surface area contributed by atoms with Crippen LogP contribution in [0.5, 0.6) is 5.75 Å². The summed E-state index contributed by atoms with van der Waals surface area (Å²) in [7, 11) is 1.70. The number of ether oxygens (including phenoxy) is 1. The van der Waals surface area contributed by atoms with Crippen molar-refractivity contribution >= 4 is 29.6 Å². The molecule has 4 rings (SSSR count). The van der Waals surface area contributed by atoms with Gasteiger partial charge in [0, 0.05) is 34.9 Å². The highest BCUT2D eigenvalue weighted by molar-refractivity contribution is 7.98. The Balaban J connectivity index is 1.50. The van der Waals surface area contributed by atoms with E-state index in [1.807, 2.05) is 28.8 Å². The zero-order valence-electron chi connectivity index (χ0n) is 20.3. The Hall–Kier alpha value is -2.27. The molecule has 2 aromatic rings. The fourth-order valence-electron chi connectivity index (χ4n) is 4.86. The van der Waals surface area contributed by atoms with Gasteiger partial charge in [0.2, 0.25) is 6.41 Å². The van der Waals surface area contributed by atoms with Crippen molar-refractivity contribution in [1.29, 1.82) is 0 Å². The number of likely N-dealkylation sites (tertiary alicyclic amines) is 1. The first-order valence-corrected chi connectivity index (χ1v) is 13.0. The first kappa shape index (κ1) is 23.9. The van der Waals surface area contributed by atoms with Crippen LogP contribution in [-0.2, 0) is 10.5 Å². The van der Waals surface area contributed by atoms with Crippen LogP contribution in [0.25, 0.3) is 0 Å². The molecule has 1 amide bonds. The molecule has 5 heteroatoms. The molecule has 1 unspecified atom stereocenters. The van der Waals surface area contributed by atoms with E-state index in [2.05, 4.69) is 51.1 Å². The summed E-state index contributed by atoms with van der Waals surface area (Å²) in [6.45, 7) is 8.62. The van der Waals surface area contributed by atoms with Crippen molar-refractivity contribution in [3.63, 3.8) is 0 Å². The molecule has 2 aliphatic rings. The van der Waals surface area contributed by atoms with Gasteiger partial charge in [0.15, 0.2) is 0 Å². The number of aliphatic imine (C=N–C) groups is 1. The van der Waals surface area contributed by atoms with Crippen LogP contribution in [0.3, 0.4) is 0 Å². The Kier molecular flexibility index (Phi) is 7.48. The minimum atomic E-state index is 0.0725. The van der Waals surface area contributed by atoms with Crippen molar-refractivity contribution in [3.05, 3.63) is 53.6 Å². The summed E-state index contributed by atoms with van der Waals surface area (Å²) in [5.74, 6) is 3.02. The molecule has 2 aromatic carbocycles. The first-order valence-electron chi connectivity index (χ1n) is 12.0. The Morgan fingerprint density at radius 1 is 1.12 bits per heavy atom. The Bertz CT molecular complexity index is 986. The smallest absolute Gasteiger partial charge is 0.209 e. The molecule has 0 N–H and O–H groups in total. The highest BCUT2D eigenvalue weighted by Crippen LogP contribution is 2.44. The van der Waals surface area contributed by atoms with Crippen LogP contribution in [0, 0.1) is 11.3 Å². The van der Waals surface area contributed by atoms with Gasteiger partial charge in [-0.3, -0.25) is 9.79 Å². The van der Waals surface area contributed by atoms with Gasteiger partial charge in [0.05, 0.1) is 12.8 Å². The number of hydrogen-bond donors (Lipinski definition) is 0. The van der Waals surface area contributed by atoms with Crippen molar-refractivity contribution in [2.75, 3.05) is 20.2 Å². The SMILES string of the molecule is COc1ccc(CSc2ccc3c(c2)N=C(C(C)(C)C)CC3CC2CCN(C=O)CC2)cc1. The summed E-state index contributed by atoms with van der Waals surface area (Å²) in [6.07, 6.45) is 5.46. The number of amides is 1. The van der Waals surface area contributed by atoms with E-state index in [4.69, 9.17) is 9.73 Å². The monoisotopic (exact) mass is 464 g/mol. The average Bonchev–Trinajstić information content (AvgIpc) is 2.82. The van der Waals surface area contributed by atoms with Crippen molar-refractivity contribution in [2.24, 2.45) is 16.3 Å². The van der Waals surface area contributed by atoms with Gasteiger partial charge >= 0.3 is 0 Å². The molecule has 1 saturated heterocycles. The lowest BCUT2D eigenvalue weighted by Crippen LogP contribution is -2.33. The normalized spacial score (nSPS) is 19.1. The van der Waals surface area contributed by atoms with Gasteiger partial charge < -0.3 is 9.64 Å². The maximum atomic E-state index is 11.1. The zero-order chi connectivity index (χ0) is 23.4. The number of methoxy groups -OCH3 is 1. The second-order valence-corrected chi connectivity index (χ2v) is 11.4. The van der Waals surface area contributed by atoms with Gasteiger partial charge in [-0.05, 0) is 72.9 Å². The maximum Gasteiger partial charge on any atom is 0.209 e. The minimum absolute atomic E-state index is 0.0725. The van der Waals surface area contributed by atoms with E-state index in [1.54, 1.807) is 7.11 Å². The molecule has 0 bridgehead atoms. The number of nitrogens with zero attached hydrogens (tertiary/aromatic N) is 2. The van der Waals surface area contributed by atoms with Crippen molar-refractivity contribution in [1.82, 2.24) is 4.90 Å². The third kappa shape index (κ3) is 6.00. The van der Waals surface area contributed by atoms with E-state index in [0.29, 0.717) is 11.8 Å². The summed E-state index contributed by atoms with van der Waals surface area (Å²) in [6, 6.07) is 15.2. The highest BCUT2D eigenvalue weighted by Gasteiger charge is 2.31. The van der Waals surface area contributed by atoms with Crippen LogP contribution >= 0.6 is 11.8 Å². The molecule has 2 heterocycles. The lowest BCUT2D eigenvalue weighted by Gasteiger charge is -2.35. The van der Waals surface area contributed by atoms with Gasteiger partial charge in [-0.2, -0.15) is 0 Å². The maximum absolute atomic E-state index is 11.1. The summed E-state index contributed by atoms with van der Waals surface area (Å²) in [5, 5.41) is 0. The number of rotatable bonds is 7. The molecule has 0 aliphatic carbocycles. The van der Waals surface area contributed by atoms with Crippen LogP contribution in [0.2, 0.25) is 0 Å². The number of carbonyl (C=O) groups excluding carboxylic acids is 1. The van der Waals surface area contributed by atoms with Gasteiger partial charge in [-0.1, -0.05) is 39.0 Å². The molecule has 33 heavy (non-hydrogen) atoms. The molecular formula is C28H36N2O2S. The highest BCUT2D eigenvalue weighted by atomic mass is 32.2. The molecule has 2 aliphatic heterocycles. The van der Waals surface area contributed by atoms with E-state index in [1.165, 1.54) is 28.2 Å². The lowest BCUT2D eigenvalue weighted by molar-refractivity contribution is -0.119. The van der Waals surface area contributed by atoms with Crippen molar-refractivity contribution in [2.45, 2.75) is 63.0 Å². The van der Waals surface area contributed by atoms with Gasteiger partial charge in [0.1, 0.15) is 5.75 Å². The van der Waals surface area contributed by atoms with Gasteiger partial charge in [-0.15, -0.1) is 11.8 Å². The van der Waals surface area contributed by atoms with E-state index in [-0.39, 0.29) is 5.41 Å². The number of piperidine rings is 1. The molecule has 1 atom stereocenters. The second-order valence-electron chi connectivity index (χ2n) is 10.4. The summed E-state index contributed by atoms with van der Waals surface area (Å²) < 4.78 is 5.27. The van der Waals surface area contributed by atoms with Crippen LogP contribution in [0.15, 0.2) is 52.4 Å². The fourth-order valence-corrected chi connectivity index (χ4v) is 5.74. The average molecular weight is 465 g/mol. The van der Waals surface area contributed by atoms with Crippen LogP contribution < -0.4 is 4.74 Å². The minimum Gasteiger partial charge on any atom is -0.497 e. The molecular weight excluding hydrogens is 428 g/mol. The third-order valence-corrected chi connectivity index (χ3v) is 8.05. The number of fused-ring (bicyclic) bond motifs is 1. The Morgan fingerprint density at radius 2 is 1.85 bits per heavy atom. The van der Waals surface area contributed by atoms with Crippen LogP contribution in [0.4, 0.5) is 5.69 Å². The number of carbonyl (C=O) groups is 1. The third-order valence-electron chi connectivity index (χ3n) is 6.98. The van der Waals surface area contributed by atoms with E-state index in [9.17, 15) is 4.79 Å².